The summed E-state index contributed by atoms with van der Waals surface area (Å²) >= 11 is 0. The number of benzene rings is 1. The topological polar surface area (TPSA) is 81.6 Å². The quantitative estimate of drug-likeness (QED) is 0.725. The van der Waals surface area contributed by atoms with E-state index in [1.165, 1.54) is 18.3 Å². The molecule has 0 saturated heterocycles. The summed E-state index contributed by atoms with van der Waals surface area (Å²) in [5.74, 6) is -0.147. The summed E-state index contributed by atoms with van der Waals surface area (Å²) in [6.07, 6.45) is 3.49. The highest BCUT2D eigenvalue weighted by Crippen LogP contribution is 2.43. The van der Waals surface area contributed by atoms with Crippen LogP contribution in [0.5, 0.6) is 0 Å². The fraction of sp³-hybridized carbons (Fsp3) is 0.250. The van der Waals surface area contributed by atoms with Crippen molar-refractivity contribution in [3.8, 4) is 17.3 Å². The lowest BCUT2D eigenvalue weighted by Crippen LogP contribution is -2.31. The molecule has 3 aromatic rings. The van der Waals surface area contributed by atoms with E-state index >= 15 is 0 Å². The highest BCUT2D eigenvalue weighted by molar-refractivity contribution is 6.00. The maximum absolute atomic E-state index is 13.2. The van der Waals surface area contributed by atoms with Crippen molar-refractivity contribution in [3.05, 3.63) is 47.9 Å². The number of Topliss-reactive ketones (excluding diaryl/α,β-unsaturated/α-hetero) is 1. The Morgan fingerprint density at radius 3 is 2.73 bits per heavy atom. The average Bonchev–Trinajstić information content (AvgIpc) is 3.31. The number of nitrogens with zero attached hydrogens (tertiary/aromatic N) is 2. The van der Waals surface area contributed by atoms with E-state index in [1.807, 2.05) is 13.0 Å². The van der Waals surface area contributed by atoms with Crippen LogP contribution in [0.15, 0.2) is 36.5 Å². The van der Waals surface area contributed by atoms with Crippen LogP contribution in [0.3, 0.4) is 0 Å². The van der Waals surface area contributed by atoms with Crippen molar-refractivity contribution in [1.82, 2.24) is 9.97 Å². The number of carbonyl (C=O) groups is 1. The van der Waals surface area contributed by atoms with Crippen LogP contribution in [0.1, 0.15) is 31.7 Å². The molecule has 0 radical (unpaired) electrons. The van der Waals surface area contributed by atoms with Crippen LogP contribution in [0.25, 0.3) is 22.3 Å². The van der Waals surface area contributed by atoms with Gasteiger partial charge in [0.25, 0.3) is 0 Å². The summed E-state index contributed by atoms with van der Waals surface area (Å²) in [4.78, 5) is 19.8. The Bertz CT molecular complexity index is 1040. The van der Waals surface area contributed by atoms with Crippen LogP contribution >= 0.6 is 0 Å². The van der Waals surface area contributed by atoms with Crippen LogP contribution in [0.2, 0.25) is 0 Å². The molecular weight excluding hydrogens is 331 g/mol. The minimum Gasteiger partial charge on any atom is -0.371 e. The number of fused-ring (bicyclic) bond motifs is 1. The molecule has 1 aliphatic carbocycles. The lowest BCUT2D eigenvalue weighted by Gasteiger charge is -2.18. The maximum atomic E-state index is 13.2. The van der Waals surface area contributed by atoms with Gasteiger partial charge in [0.1, 0.15) is 17.5 Å². The third-order valence-corrected chi connectivity index (χ3v) is 4.90. The number of nitrogens with one attached hydrogen (secondary N) is 2. The van der Waals surface area contributed by atoms with E-state index in [4.69, 9.17) is 0 Å². The number of carbonyl (C=O) groups excluding carboxylic acids is 1. The molecule has 1 fully saturated rings. The smallest absolute Gasteiger partial charge is 0.157 e. The summed E-state index contributed by atoms with van der Waals surface area (Å²) in [6.45, 7) is 1.85. The Labute approximate surface area is 149 Å². The van der Waals surface area contributed by atoms with Crippen molar-refractivity contribution in [1.29, 1.82) is 5.26 Å². The number of hydrogen-bond donors (Lipinski definition) is 2. The van der Waals surface area contributed by atoms with Gasteiger partial charge in [-0.05, 0) is 48.7 Å². The highest BCUT2D eigenvalue weighted by Gasteiger charge is 2.49. The standard InChI is InChI=1S/C20H17FN4O/c1-2-17(26)20(7-8-20)25-18-13(10-22)11-23-19-15(18)9-16(24-19)12-3-5-14(21)6-4-12/h3-6,9,11H,2,7-8H2,1H3,(H2,23,24,25). The molecule has 0 amide bonds. The molecule has 2 aromatic heterocycles. The van der Waals surface area contributed by atoms with Crippen LogP contribution in [-0.4, -0.2) is 21.3 Å². The van der Waals surface area contributed by atoms with Crippen LogP contribution < -0.4 is 5.32 Å². The second kappa shape index (κ2) is 5.95. The van der Waals surface area contributed by atoms with Gasteiger partial charge in [-0.1, -0.05) is 6.92 Å². The zero-order valence-electron chi connectivity index (χ0n) is 14.3. The zero-order valence-corrected chi connectivity index (χ0v) is 14.3. The molecular formula is C20H17FN4O. The number of aromatic amines is 1. The van der Waals surface area contributed by atoms with E-state index in [2.05, 4.69) is 21.4 Å². The van der Waals surface area contributed by atoms with Gasteiger partial charge < -0.3 is 10.3 Å². The minimum atomic E-state index is -0.568. The van der Waals surface area contributed by atoms with Gasteiger partial charge in [0.05, 0.1) is 16.8 Å². The van der Waals surface area contributed by atoms with Gasteiger partial charge in [-0.25, -0.2) is 9.37 Å². The summed E-state index contributed by atoms with van der Waals surface area (Å²) < 4.78 is 13.2. The molecule has 1 aromatic carbocycles. The van der Waals surface area contributed by atoms with E-state index in [0.29, 0.717) is 23.3 Å². The van der Waals surface area contributed by atoms with Gasteiger partial charge in [0.2, 0.25) is 0 Å². The largest absolute Gasteiger partial charge is 0.371 e. The third kappa shape index (κ3) is 2.62. The normalized spacial score (nSPS) is 14.8. The van der Waals surface area contributed by atoms with E-state index in [0.717, 1.165) is 29.5 Å². The number of aromatic nitrogens is 2. The zero-order chi connectivity index (χ0) is 18.3. The molecule has 5 nitrogen and oxygen atoms in total. The third-order valence-electron chi connectivity index (χ3n) is 4.90. The first kappa shape index (κ1) is 16.3. The van der Waals surface area contributed by atoms with E-state index < -0.39 is 5.54 Å². The number of hydrogen-bond acceptors (Lipinski definition) is 4. The molecule has 0 spiro atoms. The van der Waals surface area contributed by atoms with Gasteiger partial charge in [0.15, 0.2) is 5.78 Å². The van der Waals surface area contributed by atoms with Gasteiger partial charge in [0, 0.05) is 23.7 Å². The number of rotatable bonds is 5. The number of anilines is 1. The predicted molar refractivity (Wildman–Crippen MR) is 97.1 cm³/mol. The van der Waals surface area contributed by atoms with Crippen LogP contribution in [0, 0.1) is 17.1 Å². The second-order valence-corrected chi connectivity index (χ2v) is 6.59. The average molecular weight is 348 g/mol. The molecule has 4 rings (SSSR count). The van der Waals surface area contributed by atoms with Crippen molar-refractivity contribution in [2.24, 2.45) is 0 Å². The fourth-order valence-corrected chi connectivity index (χ4v) is 3.26. The fourth-order valence-electron chi connectivity index (χ4n) is 3.26. The van der Waals surface area contributed by atoms with Gasteiger partial charge >= 0.3 is 0 Å². The number of halogens is 1. The molecule has 0 bridgehead atoms. The second-order valence-electron chi connectivity index (χ2n) is 6.59. The number of H-pyrrole nitrogens is 1. The van der Waals surface area contributed by atoms with E-state index in [1.54, 1.807) is 12.1 Å². The van der Waals surface area contributed by atoms with Gasteiger partial charge in [-0.15, -0.1) is 0 Å². The van der Waals surface area contributed by atoms with E-state index in [9.17, 15) is 14.4 Å². The van der Waals surface area contributed by atoms with E-state index in [-0.39, 0.29) is 11.6 Å². The molecule has 1 aliphatic rings. The Morgan fingerprint density at radius 2 is 2.12 bits per heavy atom. The first-order valence-corrected chi connectivity index (χ1v) is 8.55. The summed E-state index contributed by atoms with van der Waals surface area (Å²) in [5, 5.41) is 13.6. The number of ketones is 1. The van der Waals surface area contributed by atoms with Crippen molar-refractivity contribution < 1.29 is 9.18 Å². The number of pyridine rings is 1. The van der Waals surface area contributed by atoms with Crippen molar-refractivity contribution in [2.45, 2.75) is 31.7 Å². The molecule has 2 heterocycles. The van der Waals surface area contributed by atoms with Crippen molar-refractivity contribution in [3.63, 3.8) is 0 Å². The lowest BCUT2D eigenvalue weighted by atomic mass is 10.1. The van der Waals surface area contributed by atoms with Crippen molar-refractivity contribution >= 4 is 22.5 Å². The molecule has 0 aliphatic heterocycles. The lowest BCUT2D eigenvalue weighted by molar-refractivity contribution is -0.120. The molecule has 6 heteroatoms. The van der Waals surface area contributed by atoms with Gasteiger partial charge in [-0.2, -0.15) is 5.26 Å². The van der Waals surface area contributed by atoms with Crippen molar-refractivity contribution in [2.75, 3.05) is 5.32 Å². The number of nitriles is 1. The van der Waals surface area contributed by atoms with Gasteiger partial charge in [-0.3, -0.25) is 4.79 Å². The Kier molecular flexibility index (Phi) is 3.73. The summed E-state index contributed by atoms with van der Waals surface area (Å²) in [7, 11) is 0. The molecule has 1 saturated carbocycles. The highest BCUT2D eigenvalue weighted by atomic mass is 19.1. The Hall–Kier alpha value is -3.20. The summed E-state index contributed by atoms with van der Waals surface area (Å²) in [5.41, 5.74) is 2.67. The molecule has 26 heavy (non-hydrogen) atoms. The van der Waals surface area contributed by atoms with Crippen LogP contribution in [-0.2, 0) is 4.79 Å². The molecule has 0 atom stereocenters. The Balaban J connectivity index is 1.82. The first-order chi connectivity index (χ1) is 12.6. The molecule has 0 unspecified atom stereocenters. The minimum absolute atomic E-state index is 0.153. The monoisotopic (exact) mass is 348 g/mol. The molecule has 2 N–H and O–H groups in total. The predicted octanol–water partition coefficient (Wildman–Crippen LogP) is 4.16. The van der Waals surface area contributed by atoms with Crippen LogP contribution in [0.4, 0.5) is 10.1 Å². The first-order valence-electron chi connectivity index (χ1n) is 8.55. The SMILES string of the molecule is CCC(=O)C1(Nc2c(C#N)cnc3[nH]c(-c4ccc(F)cc4)cc23)CC1. The Morgan fingerprint density at radius 1 is 1.38 bits per heavy atom. The summed E-state index contributed by atoms with van der Waals surface area (Å²) in [6, 6.07) is 10.2. The molecule has 130 valence electrons. The maximum Gasteiger partial charge on any atom is 0.157 e.